The lowest BCUT2D eigenvalue weighted by molar-refractivity contribution is -0.120. The van der Waals surface area contributed by atoms with E-state index >= 15 is 0 Å². The summed E-state index contributed by atoms with van der Waals surface area (Å²) in [5.41, 5.74) is 1.17. The molecule has 0 bridgehead atoms. The molecule has 0 heterocycles. The summed E-state index contributed by atoms with van der Waals surface area (Å²) < 4.78 is 1.07. The molecule has 0 atom stereocenters. The molecule has 2 rings (SSSR count). The topological polar surface area (TPSA) is 41.1 Å². The van der Waals surface area contributed by atoms with Gasteiger partial charge in [-0.3, -0.25) is 4.79 Å². The second-order valence-electron chi connectivity index (χ2n) is 6.24. The fourth-order valence-corrected chi connectivity index (χ4v) is 2.36. The number of hydrogen-bond acceptors (Lipinski definition) is 2. The summed E-state index contributed by atoms with van der Waals surface area (Å²) in [6, 6.07) is 8.27. The van der Waals surface area contributed by atoms with Crippen molar-refractivity contribution in [2.75, 3.05) is 19.6 Å². The van der Waals surface area contributed by atoms with E-state index in [9.17, 15) is 4.79 Å². The quantitative estimate of drug-likeness (QED) is 0.768. The first-order valence-electron chi connectivity index (χ1n) is 7.21. The first-order valence-corrected chi connectivity index (χ1v) is 8.00. The van der Waals surface area contributed by atoms with Crippen LogP contribution in [-0.4, -0.2) is 25.5 Å². The number of carbonyl (C=O) groups excluding carboxylic acids is 1. The van der Waals surface area contributed by atoms with Gasteiger partial charge in [0.05, 0.1) is 6.54 Å². The number of amides is 1. The van der Waals surface area contributed by atoms with Gasteiger partial charge in [0.1, 0.15) is 0 Å². The highest BCUT2D eigenvalue weighted by molar-refractivity contribution is 9.10. The minimum absolute atomic E-state index is 0. The van der Waals surface area contributed by atoms with E-state index in [-0.39, 0.29) is 23.7 Å². The molecular formula is C16H24BrClN2O. The average molecular weight is 376 g/mol. The first-order chi connectivity index (χ1) is 9.47. The Hall–Kier alpha value is -0.580. The molecule has 0 aliphatic heterocycles. The third-order valence-electron chi connectivity index (χ3n) is 3.77. The SMILES string of the molecule is CC(C)(CNC(=O)CNCC1CC1)c1ccc(Br)cc1.Cl. The van der Waals surface area contributed by atoms with Crippen molar-refractivity contribution >= 4 is 34.2 Å². The summed E-state index contributed by atoms with van der Waals surface area (Å²) in [6.07, 6.45) is 2.62. The fraction of sp³-hybridized carbons (Fsp3) is 0.562. The Morgan fingerprint density at radius 3 is 2.48 bits per heavy atom. The van der Waals surface area contributed by atoms with Gasteiger partial charge in [0, 0.05) is 16.4 Å². The molecular weight excluding hydrogens is 352 g/mol. The van der Waals surface area contributed by atoms with Crippen LogP contribution in [0.1, 0.15) is 32.3 Å². The third kappa shape index (κ3) is 6.37. The largest absolute Gasteiger partial charge is 0.354 e. The zero-order chi connectivity index (χ0) is 14.6. The van der Waals surface area contributed by atoms with Crippen LogP contribution < -0.4 is 10.6 Å². The van der Waals surface area contributed by atoms with Crippen LogP contribution in [-0.2, 0) is 10.2 Å². The molecule has 2 N–H and O–H groups in total. The van der Waals surface area contributed by atoms with Gasteiger partial charge in [-0.1, -0.05) is 41.9 Å². The lowest BCUT2D eigenvalue weighted by Gasteiger charge is -2.25. The Kier molecular flexibility index (Phi) is 7.17. The summed E-state index contributed by atoms with van der Waals surface area (Å²) >= 11 is 3.44. The van der Waals surface area contributed by atoms with Gasteiger partial charge in [0.2, 0.25) is 5.91 Å². The number of halogens is 2. The minimum Gasteiger partial charge on any atom is -0.354 e. The highest BCUT2D eigenvalue weighted by Gasteiger charge is 2.22. The summed E-state index contributed by atoms with van der Waals surface area (Å²) in [7, 11) is 0. The van der Waals surface area contributed by atoms with Crippen molar-refractivity contribution < 1.29 is 4.79 Å². The Morgan fingerprint density at radius 2 is 1.90 bits per heavy atom. The van der Waals surface area contributed by atoms with Crippen LogP contribution in [0, 0.1) is 5.92 Å². The van der Waals surface area contributed by atoms with E-state index < -0.39 is 0 Å². The fourth-order valence-electron chi connectivity index (χ4n) is 2.10. The molecule has 0 radical (unpaired) electrons. The van der Waals surface area contributed by atoms with Crippen molar-refractivity contribution in [2.24, 2.45) is 5.92 Å². The van der Waals surface area contributed by atoms with Gasteiger partial charge in [-0.25, -0.2) is 0 Å². The van der Waals surface area contributed by atoms with Crippen molar-refractivity contribution in [3.05, 3.63) is 34.3 Å². The predicted molar refractivity (Wildman–Crippen MR) is 93.0 cm³/mol. The van der Waals surface area contributed by atoms with Crippen LogP contribution in [0.3, 0.4) is 0 Å². The molecule has 1 amide bonds. The van der Waals surface area contributed by atoms with E-state index in [1.54, 1.807) is 0 Å². The smallest absolute Gasteiger partial charge is 0.233 e. The maximum atomic E-state index is 11.8. The first kappa shape index (κ1) is 18.5. The summed E-state index contributed by atoms with van der Waals surface area (Å²) in [5.74, 6) is 0.887. The summed E-state index contributed by atoms with van der Waals surface area (Å²) in [6.45, 7) is 6.34. The van der Waals surface area contributed by atoms with Gasteiger partial charge in [-0.2, -0.15) is 0 Å². The van der Waals surface area contributed by atoms with Gasteiger partial charge in [-0.15, -0.1) is 12.4 Å². The molecule has 0 aromatic heterocycles. The lowest BCUT2D eigenvalue weighted by Crippen LogP contribution is -2.41. The highest BCUT2D eigenvalue weighted by Crippen LogP contribution is 2.27. The number of nitrogens with one attached hydrogen (secondary N) is 2. The molecule has 5 heteroatoms. The van der Waals surface area contributed by atoms with E-state index in [2.05, 4.69) is 52.5 Å². The van der Waals surface area contributed by atoms with Crippen molar-refractivity contribution in [1.82, 2.24) is 10.6 Å². The van der Waals surface area contributed by atoms with Gasteiger partial charge in [0.15, 0.2) is 0 Å². The molecule has 3 nitrogen and oxygen atoms in total. The Labute approximate surface area is 141 Å². The zero-order valence-electron chi connectivity index (χ0n) is 12.6. The number of benzene rings is 1. The van der Waals surface area contributed by atoms with Gasteiger partial charge in [0.25, 0.3) is 0 Å². The third-order valence-corrected chi connectivity index (χ3v) is 4.30. The molecule has 0 unspecified atom stereocenters. The molecule has 0 saturated heterocycles. The molecule has 1 aromatic rings. The number of hydrogen-bond donors (Lipinski definition) is 2. The lowest BCUT2D eigenvalue weighted by atomic mass is 9.84. The van der Waals surface area contributed by atoms with Gasteiger partial charge in [-0.05, 0) is 43.0 Å². The molecule has 1 aliphatic rings. The van der Waals surface area contributed by atoms with Crippen molar-refractivity contribution in [3.8, 4) is 0 Å². The van der Waals surface area contributed by atoms with Crippen LogP contribution in [0.2, 0.25) is 0 Å². The van der Waals surface area contributed by atoms with Gasteiger partial charge >= 0.3 is 0 Å². The van der Waals surface area contributed by atoms with Crippen molar-refractivity contribution in [2.45, 2.75) is 32.1 Å². The van der Waals surface area contributed by atoms with Crippen LogP contribution in [0.4, 0.5) is 0 Å². The highest BCUT2D eigenvalue weighted by atomic mass is 79.9. The normalized spacial score (nSPS) is 14.4. The maximum absolute atomic E-state index is 11.8. The summed E-state index contributed by atoms with van der Waals surface area (Å²) in [4.78, 5) is 11.8. The average Bonchev–Trinajstić information content (AvgIpc) is 3.21. The van der Waals surface area contributed by atoms with E-state index in [1.165, 1.54) is 18.4 Å². The molecule has 1 aliphatic carbocycles. The van der Waals surface area contributed by atoms with Crippen LogP contribution >= 0.6 is 28.3 Å². The Bertz CT molecular complexity index is 458. The molecule has 118 valence electrons. The molecule has 1 aromatic carbocycles. The monoisotopic (exact) mass is 374 g/mol. The molecule has 21 heavy (non-hydrogen) atoms. The molecule has 1 fully saturated rings. The van der Waals surface area contributed by atoms with Crippen molar-refractivity contribution in [3.63, 3.8) is 0 Å². The van der Waals surface area contributed by atoms with E-state index in [0.717, 1.165) is 16.9 Å². The maximum Gasteiger partial charge on any atom is 0.233 e. The number of rotatable bonds is 7. The van der Waals surface area contributed by atoms with Crippen LogP contribution in [0.15, 0.2) is 28.7 Å². The minimum atomic E-state index is -0.0626. The molecule has 0 spiro atoms. The number of carbonyl (C=O) groups is 1. The second-order valence-corrected chi connectivity index (χ2v) is 7.16. The predicted octanol–water partition coefficient (Wildman–Crippen LogP) is 3.26. The standard InChI is InChI=1S/C16H23BrN2O.ClH/c1-16(2,13-5-7-14(17)8-6-13)11-19-15(20)10-18-9-12-3-4-12;/h5-8,12,18H,3-4,9-11H2,1-2H3,(H,19,20);1H. The second kappa shape index (κ2) is 8.16. The van der Waals surface area contributed by atoms with Crippen LogP contribution in [0.5, 0.6) is 0 Å². The van der Waals surface area contributed by atoms with Crippen molar-refractivity contribution in [1.29, 1.82) is 0 Å². The summed E-state index contributed by atoms with van der Waals surface area (Å²) in [5, 5.41) is 6.23. The van der Waals surface area contributed by atoms with E-state index in [1.807, 2.05) is 12.1 Å². The zero-order valence-corrected chi connectivity index (χ0v) is 15.0. The molecule has 1 saturated carbocycles. The van der Waals surface area contributed by atoms with Gasteiger partial charge < -0.3 is 10.6 Å². The van der Waals surface area contributed by atoms with E-state index in [4.69, 9.17) is 0 Å². The van der Waals surface area contributed by atoms with E-state index in [0.29, 0.717) is 13.1 Å². The van der Waals surface area contributed by atoms with Crippen LogP contribution in [0.25, 0.3) is 0 Å². The Balaban J connectivity index is 0.00000220. The Morgan fingerprint density at radius 1 is 1.29 bits per heavy atom.